The summed E-state index contributed by atoms with van der Waals surface area (Å²) in [4.78, 5) is 14.7. The third-order valence-electron chi connectivity index (χ3n) is 4.83. The van der Waals surface area contributed by atoms with Crippen molar-refractivity contribution < 1.29 is 14.1 Å². The van der Waals surface area contributed by atoms with Gasteiger partial charge in [0.05, 0.1) is 18.8 Å². The van der Waals surface area contributed by atoms with E-state index in [0.717, 1.165) is 48.6 Å². The number of methoxy groups -OCH3 is 1. The molecule has 3 rings (SSSR count). The van der Waals surface area contributed by atoms with Crippen molar-refractivity contribution in [1.82, 2.24) is 10.1 Å². The number of ether oxygens (including phenoxy) is 1. The first-order valence-corrected chi connectivity index (χ1v) is 8.97. The molecule has 1 fully saturated rings. The molecule has 1 aromatic heterocycles. The van der Waals surface area contributed by atoms with E-state index in [4.69, 9.17) is 9.26 Å². The zero-order valence-corrected chi connectivity index (χ0v) is 15.2. The number of aromatic nitrogens is 1. The van der Waals surface area contributed by atoms with Crippen LogP contribution in [0.15, 0.2) is 34.9 Å². The fourth-order valence-electron chi connectivity index (χ4n) is 3.28. The fourth-order valence-corrected chi connectivity index (χ4v) is 3.28. The molecular weight excluding hydrogens is 316 g/mol. The number of nitrogens with zero attached hydrogens (tertiary/aromatic N) is 2. The molecule has 1 atom stereocenters. The highest BCUT2D eigenvalue weighted by Gasteiger charge is 2.32. The van der Waals surface area contributed by atoms with Crippen LogP contribution in [-0.2, 0) is 11.2 Å². The van der Waals surface area contributed by atoms with Crippen molar-refractivity contribution in [3.05, 3.63) is 47.3 Å². The van der Waals surface area contributed by atoms with E-state index in [0.29, 0.717) is 12.3 Å². The van der Waals surface area contributed by atoms with Crippen LogP contribution in [0.4, 0.5) is 0 Å². The molecule has 1 aliphatic heterocycles. The lowest BCUT2D eigenvalue weighted by Crippen LogP contribution is -2.30. The van der Waals surface area contributed by atoms with Crippen LogP contribution in [-0.4, -0.2) is 29.6 Å². The Bertz CT molecular complexity index is 706. The van der Waals surface area contributed by atoms with Crippen LogP contribution in [0.1, 0.15) is 62.1 Å². The molecule has 0 radical (unpaired) electrons. The van der Waals surface area contributed by atoms with E-state index in [-0.39, 0.29) is 11.9 Å². The van der Waals surface area contributed by atoms with Gasteiger partial charge in [-0.2, -0.15) is 0 Å². The van der Waals surface area contributed by atoms with Gasteiger partial charge in [-0.05, 0) is 42.9 Å². The van der Waals surface area contributed by atoms with Crippen LogP contribution < -0.4 is 4.74 Å². The number of aryl methyl sites for hydroxylation is 1. The standard InChI is InChI=1S/C20H26N2O3/c1-14(2)17-13-19(25-21-17)18-5-4-12-22(18)20(23)11-8-15-6-9-16(24-3)10-7-15/h6-7,9-10,13-14,18H,4-5,8,11-12H2,1-3H3. The molecule has 25 heavy (non-hydrogen) atoms. The van der Waals surface area contributed by atoms with E-state index in [9.17, 15) is 4.79 Å². The Morgan fingerprint density at radius 1 is 1.36 bits per heavy atom. The number of benzene rings is 1. The lowest BCUT2D eigenvalue weighted by atomic mass is 10.1. The predicted octanol–water partition coefficient (Wildman–Crippen LogP) is 4.10. The molecule has 1 aliphatic rings. The smallest absolute Gasteiger partial charge is 0.223 e. The Labute approximate surface area is 148 Å². The van der Waals surface area contributed by atoms with Crippen molar-refractivity contribution in [2.24, 2.45) is 0 Å². The summed E-state index contributed by atoms with van der Waals surface area (Å²) in [5, 5.41) is 4.14. The quantitative estimate of drug-likeness (QED) is 0.793. The van der Waals surface area contributed by atoms with Crippen LogP contribution in [0.5, 0.6) is 5.75 Å². The van der Waals surface area contributed by atoms with Gasteiger partial charge in [-0.3, -0.25) is 4.79 Å². The van der Waals surface area contributed by atoms with Gasteiger partial charge in [0.2, 0.25) is 5.91 Å². The summed E-state index contributed by atoms with van der Waals surface area (Å²) in [6.45, 7) is 4.98. The highest BCUT2D eigenvalue weighted by Crippen LogP contribution is 2.33. The third kappa shape index (κ3) is 4.03. The lowest BCUT2D eigenvalue weighted by molar-refractivity contribution is -0.132. The lowest BCUT2D eigenvalue weighted by Gasteiger charge is -2.22. The van der Waals surface area contributed by atoms with Gasteiger partial charge >= 0.3 is 0 Å². The number of amides is 1. The summed E-state index contributed by atoms with van der Waals surface area (Å²) in [7, 11) is 1.65. The number of carbonyl (C=O) groups excluding carboxylic acids is 1. The van der Waals surface area contributed by atoms with E-state index in [1.54, 1.807) is 7.11 Å². The maximum Gasteiger partial charge on any atom is 0.223 e. The van der Waals surface area contributed by atoms with Gasteiger partial charge in [-0.1, -0.05) is 31.1 Å². The van der Waals surface area contributed by atoms with Crippen LogP contribution in [0, 0.1) is 0 Å². The minimum absolute atomic E-state index is 0.0309. The molecule has 0 spiro atoms. The van der Waals surface area contributed by atoms with Crippen molar-refractivity contribution >= 4 is 5.91 Å². The van der Waals surface area contributed by atoms with Crippen LogP contribution >= 0.6 is 0 Å². The fraction of sp³-hybridized carbons (Fsp3) is 0.500. The average molecular weight is 342 g/mol. The molecule has 1 amide bonds. The number of hydrogen-bond acceptors (Lipinski definition) is 4. The van der Waals surface area contributed by atoms with Crippen LogP contribution in [0.2, 0.25) is 0 Å². The summed E-state index contributed by atoms with van der Waals surface area (Å²) in [6.07, 6.45) is 3.20. The molecule has 2 heterocycles. The van der Waals surface area contributed by atoms with E-state index < -0.39 is 0 Å². The van der Waals surface area contributed by atoms with Gasteiger partial charge in [-0.25, -0.2) is 0 Å². The molecule has 2 aromatic rings. The zero-order valence-electron chi connectivity index (χ0n) is 15.2. The molecule has 0 bridgehead atoms. The van der Waals surface area contributed by atoms with Crippen molar-refractivity contribution in [3.63, 3.8) is 0 Å². The topological polar surface area (TPSA) is 55.6 Å². The summed E-state index contributed by atoms with van der Waals surface area (Å²) >= 11 is 0. The van der Waals surface area contributed by atoms with Gasteiger partial charge < -0.3 is 14.2 Å². The monoisotopic (exact) mass is 342 g/mol. The molecule has 0 aliphatic carbocycles. The largest absolute Gasteiger partial charge is 0.497 e. The maximum atomic E-state index is 12.7. The van der Waals surface area contributed by atoms with Gasteiger partial charge in [0.15, 0.2) is 5.76 Å². The van der Waals surface area contributed by atoms with Gasteiger partial charge in [0.1, 0.15) is 5.75 Å². The Hall–Kier alpha value is -2.30. The van der Waals surface area contributed by atoms with Crippen molar-refractivity contribution in [2.45, 2.75) is 51.5 Å². The van der Waals surface area contributed by atoms with Gasteiger partial charge in [0, 0.05) is 19.0 Å². The summed E-state index contributed by atoms with van der Waals surface area (Å²) in [6, 6.07) is 9.92. The second kappa shape index (κ2) is 7.72. The van der Waals surface area contributed by atoms with E-state index in [1.165, 1.54) is 0 Å². The zero-order chi connectivity index (χ0) is 17.8. The maximum absolute atomic E-state index is 12.7. The minimum Gasteiger partial charge on any atom is -0.497 e. The second-order valence-electron chi connectivity index (χ2n) is 6.90. The van der Waals surface area contributed by atoms with Crippen LogP contribution in [0.3, 0.4) is 0 Å². The van der Waals surface area contributed by atoms with Gasteiger partial charge in [0.25, 0.3) is 0 Å². The van der Waals surface area contributed by atoms with E-state index in [1.807, 2.05) is 35.2 Å². The third-order valence-corrected chi connectivity index (χ3v) is 4.83. The average Bonchev–Trinajstić information content (AvgIpc) is 3.28. The number of carbonyl (C=O) groups is 1. The van der Waals surface area contributed by atoms with Gasteiger partial charge in [-0.15, -0.1) is 0 Å². The molecule has 5 nitrogen and oxygen atoms in total. The Morgan fingerprint density at radius 3 is 2.76 bits per heavy atom. The predicted molar refractivity (Wildman–Crippen MR) is 95.6 cm³/mol. The summed E-state index contributed by atoms with van der Waals surface area (Å²) < 4.78 is 10.7. The van der Waals surface area contributed by atoms with Crippen molar-refractivity contribution in [1.29, 1.82) is 0 Å². The summed E-state index contributed by atoms with van der Waals surface area (Å²) in [5.74, 6) is 2.17. The number of likely N-dealkylation sites (tertiary alicyclic amines) is 1. The number of rotatable bonds is 6. The first-order valence-electron chi connectivity index (χ1n) is 8.97. The molecule has 1 aromatic carbocycles. The summed E-state index contributed by atoms with van der Waals surface area (Å²) in [5.41, 5.74) is 2.10. The molecular formula is C20H26N2O3. The minimum atomic E-state index is 0.0309. The Kier molecular flexibility index (Phi) is 5.41. The first kappa shape index (κ1) is 17.5. The molecule has 5 heteroatoms. The molecule has 0 saturated carbocycles. The molecule has 0 N–H and O–H groups in total. The van der Waals surface area contributed by atoms with E-state index >= 15 is 0 Å². The molecule has 134 valence electrons. The van der Waals surface area contributed by atoms with Crippen molar-refractivity contribution in [2.75, 3.05) is 13.7 Å². The Balaban J connectivity index is 1.61. The van der Waals surface area contributed by atoms with Crippen molar-refractivity contribution in [3.8, 4) is 5.75 Å². The number of hydrogen-bond donors (Lipinski definition) is 0. The second-order valence-corrected chi connectivity index (χ2v) is 6.90. The van der Waals surface area contributed by atoms with Crippen LogP contribution in [0.25, 0.3) is 0 Å². The Morgan fingerprint density at radius 2 is 2.12 bits per heavy atom. The molecule has 1 unspecified atom stereocenters. The molecule has 1 saturated heterocycles. The SMILES string of the molecule is COc1ccc(CCC(=O)N2CCCC2c2cc(C(C)C)no2)cc1. The highest BCUT2D eigenvalue weighted by atomic mass is 16.5. The highest BCUT2D eigenvalue weighted by molar-refractivity contribution is 5.77. The first-order chi connectivity index (χ1) is 12.1. The normalized spacial score (nSPS) is 17.3. The van der Waals surface area contributed by atoms with E-state index in [2.05, 4.69) is 19.0 Å².